The van der Waals surface area contributed by atoms with Crippen LogP contribution in [0.3, 0.4) is 0 Å². The van der Waals surface area contributed by atoms with Crippen LogP contribution in [0, 0.1) is 5.82 Å². The molecule has 3 aromatic rings. The third-order valence-corrected chi connectivity index (χ3v) is 4.84. The van der Waals surface area contributed by atoms with Gasteiger partial charge in [0, 0.05) is 17.6 Å². The fourth-order valence-electron chi connectivity index (χ4n) is 2.53. The third kappa shape index (κ3) is 5.42. The smallest absolute Gasteiger partial charge is 0.191 e. The number of hydrogen-bond acceptors (Lipinski definition) is 3. The highest BCUT2D eigenvalue weighted by atomic mass is 32.2. The van der Waals surface area contributed by atoms with E-state index in [-0.39, 0.29) is 5.82 Å². The molecule has 1 aromatic heterocycles. The van der Waals surface area contributed by atoms with Crippen LogP contribution in [0.2, 0.25) is 0 Å². The van der Waals surface area contributed by atoms with Crippen LogP contribution >= 0.6 is 24.0 Å². The monoisotopic (exact) mass is 398 g/mol. The van der Waals surface area contributed by atoms with Crippen molar-refractivity contribution in [3.05, 3.63) is 83.9 Å². The van der Waals surface area contributed by atoms with Crippen LogP contribution in [-0.2, 0) is 6.54 Å². The lowest BCUT2D eigenvalue weighted by molar-refractivity contribution is 0.626. The minimum atomic E-state index is -0.235. The summed E-state index contributed by atoms with van der Waals surface area (Å²) in [6, 6.07) is 18.3. The molecule has 138 valence electrons. The molecule has 2 N–H and O–H groups in total. The van der Waals surface area contributed by atoms with Crippen LogP contribution in [0.15, 0.2) is 76.9 Å². The van der Waals surface area contributed by atoms with Gasteiger partial charge in [0.25, 0.3) is 0 Å². The number of rotatable bonds is 6. The Balaban J connectivity index is 1.59. The van der Waals surface area contributed by atoms with Gasteiger partial charge in [-0.25, -0.2) is 4.39 Å². The van der Waals surface area contributed by atoms with Crippen molar-refractivity contribution in [3.8, 4) is 0 Å². The lowest BCUT2D eigenvalue weighted by Crippen LogP contribution is -2.24. The van der Waals surface area contributed by atoms with E-state index in [2.05, 4.69) is 15.8 Å². The van der Waals surface area contributed by atoms with E-state index in [1.807, 2.05) is 53.4 Å². The number of aromatic nitrogens is 1. The molecule has 3 rings (SSSR count). The average molecular weight is 399 g/mol. The second kappa shape index (κ2) is 9.34. The molecule has 0 spiro atoms. The second-order valence-corrected chi connectivity index (χ2v) is 6.97. The van der Waals surface area contributed by atoms with Crippen molar-refractivity contribution in [1.82, 2.24) is 9.99 Å². The zero-order valence-corrected chi connectivity index (χ0v) is 16.4. The van der Waals surface area contributed by atoms with E-state index in [0.29, 0.717) is 11.7 Å². The van der Waals surface area contributed by atoms with E-state index < -0.39 is 0 Å². The molecule has 1 heterocycles. The minimum Gasteiger partial charge on any atom is -0.342 e. The quantitative estimate of drug-likeness (QED) is 0.273. The van der Waals surface area contributed by atoms with Crippen molar-refractivity contribution in [2.24, 2.45) is 5.10 Å². The number of para-hydroxylation sites is 1. The predicted molar refractivity (Wildman–Crippen MR) is 115 cm³/mol. The van der Waals surface area contributed by atoms with Crippen LogP contribution < -0.4 is 10.7 Å². The van der Waals surface area contributed by atoms with Gasteiger partial charge in [-0.05, 0) is 60.4 Å². The number of anilines is 1. The Morgan fingerprint density at radius 3 is 2.70 bits per heavy atom. The standard InChI is InChI=1S/C20H19FN4S2/c1-27-19-7-3-2-6-18(19)23-20(26)24-22-13-17-5-4-12-25(17)14-15-8-10-16(21)11-9-15/h2-13H,14H2,1H3,(H2,23,24,26)/b22-13+. The first-order valence-electron chi connectivity index (χ1n) is 8.28. The van der Waals surface area contributed by atoms with Gasteiger partial charge in [0.15, 0.2) is 5.11 Å². The molecule has 0 radical (unpaired) electrons. The van der Waals surface area contributed by atoms with Crippen LogP contribution in [0.4, 0.5) is 10.1 Å². The van der Waals surface area contributed by atoms with Gasteiger partial charge in [-0.3, -0.25) is 5.43 Å². The topological polar surface area (TPSA) is 41.4 Å². The first kappa shape index (κ1) is 19.1. The van der Waals surface area contributed by atoms with E-state index in [9.17, 15) is 4.39 Å². The molecular formula is C20H19FN4S2. The maximum Gasteiger partial charge on any atom is 0.191 e. The van der Waals surface area contributed by atoms with Gasteiger partial charge in [-0.15, -0.1) is 11.8 Å². The maximum absolute atomic E-state index is 13.0. The van der Waals surface area contributed by atoms with E-state index in [0.717, 1.165) is 21.8 Å². The lowest BCUT2D eigenvalue weighted by atomic mass is 10.2. The summed E-state index contributed by atoms with van der Waals surface area (Å²) < 4.78 is 15.1. The Kier molecular flexibility index (Phi) is 6.62. The Morgan fingerprint density at radius 2 is 1.93 bits per heavy atom. The first-order chi connectivity index (χ1) is 13.2. The lowest BCUT2D eigenvalue weighted by Gasteiger charge is -2.10. The molecule has 0 aliphatic carbocycles. The molecule has 7 heteroatoms. The number of benzene rings is 2. The summed E-state index contributed by atoms with van der Waals surface area (Å²) in [5, 5.41) is 7.78. The molecule has 0 aliphatic rings. The average Bonchev–Trinajstić information content (AvgIpc) is 3.11. The summed E-state index contributed by atoms with van der Waals surface area (Å²) in [7, 11) is 0. The first-order valence-corrected chi connectivity index (χ1v) is 9.91. The third-order valence-electron chi connectivity index (χ3n) is 3.85. The minimum absolute atomic E-state index is 0.235. The number of nitrogens with zero attached hydrogens (tertiary/aromatic N) is 2. The summed E-state index contributed by atoms with van der Waals surface area (Å²) in [6.07, 6.45) is 5.68. The van der Waals surface area contributed by atoms with Crippen LogP contribution in [0.1, 0.15) is 11.3 Å². The Hall–Kier alpha value is -2.64. The Labute approximate surface area is 167 Å². The summed E-state index contributed by atoms with van der Waals surface area (Å²) in [6.45, 7) is 0.637. The molecule has 4 nitrogen and oxygen atoms in total. The number of hydrogen-bond donors (Lipinski definition) is 2. The number of thioether (sulfide) groups is 1. The molecule has 0 unspecified atom stereocenters. The largest absolute Gasteiger partial charge is 0.342 e. The van der Waals surface area contributed by atoms with Crippen molar-refractivity contribution in [2.75, 3.05) is 11.6 Å². The number of halogens is 1. The van der Waals surface area contributed by atoms with Gasteiger partial charge in [-0.2, -0.15) is 5.10 Å². The molecule has 0 saturated heterocycles. The van der Waals surface area contributed by atoms with E-state index in [4.69, 9.17) is 12.2 Å². The predicted octanol–water partition coefficient (Wildman–Crippen LogP) is 4.72. The SMILES string of the molecule is CSc1ccccc1NC(=S)N/N=C/c1cccn1Cc1ccc(F)cc1. The van der Waals surface area contributed by atoms with Gasteiger partial charge in [0.05, 0.1) is 17.6 Å². The maximum atomic E-state index is 13.0. The summed E-state index contributed by atoms with van der Waals surface area (Å²) in [4.78, 5) is 1.11. The van der Waals surface area contributed by atoms with Crippen LogP contribution in [0.25, 0.3) is 0 Å². The summed E-state index contributed by atoms with van der Waals surface area (Å²) >= 11 is 6.95. The van der Waals surface area contributed by atoms with Gasteiger partial charge in [0.1, 0.15) is 5.82 Å². The van der Waals surface area contributed by atoms with E-state index in [1.165, 1.54) is 12.1 Å². The van der Waals surface area contributed by atoms with Crippen molar-refractivity contribution in [3.63, 3.8) is 0 Å². The molecule has 2 aromatic carbocycles. The van der Waals surface area contributed by atoms with Crippen molar-refractivity contribution in [2.45, 2.75) is 11.4 Å². The van der Waals surface area contributed by atoms with Crippen molar-refractivity contribution in [1.29, 1.82) is 0 Å². The van der Waals surface area contributed by atoms with E-state index >= 15 is 0 Å². The molecule has 0 saturated carbocycles. The normalized spacial score (nSPS) is 10.9. The molecule has 0 fully saturated rings. The van der Waals surface area contributed by atoms with E-state index in [1.54, 1.807) is 30.1 Å². The molecular weight excluding hydrogens is 379 g/mol. The Morgan fingerprint density at radius 1 is 1.15 bits per heavy atom. The molecule has 27 heavy (non-hydrogen) atoms. The fourth-order valence-corrected chi connectivity index (χ4v) is 3.25. The van der Waals surface area contributed by atoms with Gasteiger partial charge >= 0.3 is 0 Å². The zero-order valence-electron chi connectivity index (χ0n) is 14.7. The highest BCUT2D eigenvalue weighted by Crippen LogP contribution is 2.24. The molecule has 0 aliphatic heterocycles. The highest BCUT2D eigenvalue weighted by molar-refractivity contribution is 7.98. The summed E-state index contributed by atoms with van der Waals surface area (Å²) in [5.74, 6) is -0.235. The zero-order chi connectivity index (χ0) is 19.1. The Bertz CT molecular complexity index is 935. The molecule has 0 amide bonds. The highest BCUT2D eigenvalue weighted by Gasteiger charge is 2.03. The van der Waals surface area contributed by atoms with Gasteiger partial charge < -0.3 is 9.88 Å². The van der Waals surface area contributed by atoms with Crippen LogP contribution in [0.5, 0.6) is 0 Å². The van der Waals surface area contributed by atoms with Crippen LogP contribution in [-0.4, -0.2) is 22.1 Å². The number of thiocarbonyl (C=S) groups is 1. The number of hydrazone groups is 1. The summed E-state index contributed by atoms with van der Waals surface area (Å²) in [5.41, 5.74) is 5.71. The fraction of sp³-hybridized carbons (Fsp3) is 0.100. The molecule has 0 atom stereocenters. The van der Waals surface area contributed by atoms with Crippen molar-refractivity contribution >= 4 is 41.0 Å². The van der Waals surface area contributed by atoms with Gasteiger partial charge in [-0.1, -0.05) is 24.3 Å². The van der Waals surface area contributed by atoms with Crippen molar-refractivity contribution < 1.29 is 4.39 Å². The van der Waals surface area contributed by atoms with Gasteiger partial charge in [0.2, 0.25) is 0 Å². The molecule has 0 bridgehead atoms. The number of nitrogens with one attached hydrogen (secondary N) is 2. The second-order valence-electron chi connectivity index (χ2n) is 5.71.